The number of carbonyl (C=O) groups excluding carboxylic acids is 1. The number of aromatic nitrogens is 6. The van der Waals surface area contributed by atoms with Gasteiger partial charge < -0.3 is 14.8 Å². The number of carbonyl (C=O) groups is 1. The molecule has 3 saturated heterocycles. The van der Waals surface area contributed by atoms with Crippen LogP contribution in [0, 0.1) is 42.8 Å². The lowest BCUT2D eigenvalue weighted by Crippen LogP contribution is -2.41. The van der Waals surface area contributed by atoms with Crippen LogP contribution in [0.15, 0.2) is 30.3 Å². The number of tetrazole rings is 1. The molecular weight excluding hydrogens is 664 g/mol. The van der Waals surface area contributed by atoms with Crippen molar-refractivity contribution in [1.29, 1.82) is 5.26 Å². The molecule has 10 nitrogen and oxygen atoms in total. The standard InChI is InChI=1S/C36H34Cl2FN9O/c1-17-24-14-29(28-13-22(48-44-18(2)43-45-48)16-46(28)36(49)19-8-9-19)47(34-21-12-27(34)41-15-21)35(24)25-11-20(5-4-10-40)30(32(39)33(25)42-17)23-6-3-7-26(37)31(23)38/h3,6-7,11,14,19,21-22,27-28,34,41H,4-5,8-9,12-13,15-16H2,1-2H3/t21-,22+,27-,28-,34+/m1/s1. The number of pyridine rings is 1. The summed E-state index contributed by atoms with van der Waals surface area (Å²) in [5.74, 6) is 0.741. The molecule has 0 spiro atoms. The fourth-order valence-electron chi connectivity index (χ4n) is 8.62. The maximum Gasteiger partial charge on any atom is 0.226 e. The summed E-state index contributed by atoms with van der Waals surface area (Å²) in [4.78, 5) is 22.5. The third-order valence-electron chi connectivity index (χ3n) is 11.1. The summed E-state index contributed by atoms with van der Waals surface area (Å²) in [7, 11) is 0. The topological polar surface area (TPSA) is 118 Å². The molecule has 5 fully saturated rings. The molecular formula is C36H34Cl2FN9O. The van der Waals surface area contributed by atoms with Gasteiger partial charge in [-0.15, -0.1) is 10.2 Å². The average molecular weight is 699 g/mol. The molecule has 5 aliphatic rings. The Kier molecular flexibility index (Phi) is 7.24. The van der Waals surface area contributed by atoms with Crippen LogP contribution in [-0.4, -0.2) is 59.7 Å². The number of benzene rings is 2. The summed E-state index contributed by atoms with van der Waals surface area (Å²) in [5.41, 5.74) is 4.37. The number of aryl methyl sites for hydroxylation is 3. The number of nitrogens with zero attached hydrogens (tertiary/aromatic N) is 8. The van der Waals surface area contributed by atoms with E-state index in [0.717, 1.165) is 42.4 Å². The van der Waals surface area contributed by atoms with Crippen LogP contribution in [0.5, 0.6) is 0 Å². The lowest BCUT2D eigenvalue weighted by Gasteiger charge is -2.39. The van der Waals surface area contributed by atoms with Gasteiger partial charge >= 0.3 is 0 Å². The fourth-order valence-corrected chi connectivity index (χ4v) is 9.02. The second kappa shape index (κ2) is 11.5. The highest BCUT2D eigenvalue weighted by molar-refractivity contribution is 6.43. The molecule has 2 aromatic carbocycles. The van der Waals surface area contributed by atoms with Crippen LogP contribution in [0.2, 0.25) is 10.0 Å². The van der Waals surface area contributed by atoms with Gasteiger partial charge in [0.1, 0.15) is 5.52 Å². The quantitative estimate of drug-likeness (QED) is 0.198. The number of nitriles is 1. The van der Waals surface area contributed by atoms with E-state index in [1.54, 1.807) is 23.0 Å². The molecule has 6 heterocycles. The zero-order chi connectivity index (χ0) is 33.7. The Balaban J connectivity index is 1.30. The molecule has 250 valence electrons. The van der Waals surface area contributed by atoms with Crippen molar-refractivity contribution in [3.8, 4) is 17.2 Å². The highest BCUT2D eigenvalue weighted by Crippen LogP contribution is 2.52. The van der Waals surface area contributed by atoms with E-state index in [9.17, 15) is 10.1 Å². The van der Waals surface area contributed by atoms with E-state index in [1.807, 2.05) is 24.8 Å². The van der Waals surface area contributed by atoms with Crippen LogP contribution in [0.4, 0.5) is 4.39 Å². The van der Waals surface area contributed by atoms with Crippen LogP contribution in [-0.2, 0) is 11.2 Å². The number of amides is 1. The number of likely N-dealkylation sites (tertiary alicyclic amines) is 1. The summed E-state index contributed by atoms with van der Waals surface area (Å²) in [6, 6.07) is 11.7. The van der Waals surface area contributed by atoms with Crippen LogP contribution in [0.1, 0.15) is 73.0 Å². The van der Waals surface area contributed by atoms with E-state index in [1.165, 1.54) is 0 Å². The highest BCUT2D eigenvalue weighted by atomic mass is 35.5. The fraction of sp³-hybridized carbons (Fsp3) is 0.444. The van der Waals surface area contributed by atoms with E-state index in [4.69, 9.17) is 28.2 Å². The first-order chi connectivity index (χ1) is 23.7. The lowest BCUT2D eigenvalue weighted by atomic mass is 9.79. The van der Waals surface area contributed by atoms with Crippen LogP contribution >= 0.6 is 23.2 Å². The molecule has 2 bridgehead atoms. The lowest BCUT2D eigenvalue weighted by molar-refractivity contribution is -0.133. The SMILES string of the molecule is Cc1nnn([C@H]2C[C@H](c3cc4c(C)nc5c(F)c(-c6cccc(Cl)c6Cl)c(CCC#N)cc5c4n3[C@H]3[C@H]4CN[C@@H]3C4)N(C(=O)C3CC3)C2)n1. The van der Waals surface area contributed by atoms with Gasteiger partial charge in [-0.05, 0) is 80.8 Å². The predicted octanol–water partition coefficient (Wildman–Crippen LogP) is 6.82. The van der Waals surface area contributed by atoms with E-state index >= 15 is 4.39 Å². The summed E-state index contributed by atoms with van der Waals surface area (Å²) in [6.07, 6.45) is 4.07. The Morgan fingerprint density at radius 1 is 1.16 bits per heavy atom. The Morgan fingerprint density at radius 3 is 2.69 bits per heavy atom. The number of hydrogen-bond acceptors (Lipinski definition) is 7. The second-order valence-electron chi connectivity index (χ2n) is 14.1. The van der Waals surface area contributed by atoms with Crippen molar-refractivity contribution in [2.75, 3.05) is 13.1 Å². The monoisotopic (exact) mass is 697 g/mol. The predicted molar refractivity (Wildman–Crippen MR) is 184 cm³/mol. The summed E-state index contributed by atoms with van der Waals surface area (Å²) >= 11 is 13.1. The van der Waals surface area contributed by atoms with E-state index in [0.29, 0.717) is 63.9 Å². The van der Waals surface area contributed by atoms with Crippen LogP contribution in [0.3, 0.4) is 0 Å². The first-order valence-corrected chi connectivity index (χ1v) is 17.8. The summed E-state index contributed by atoms with van der Waals surface area (Å²) in [5, 5.41) is 28.4. The van der Waals surface area contributed by atoms with Crippen molar-refractivity contribution in [3.05, 3.63) is 69.0 Å². The first kappa shape index (κ1) is 30.9. The van der Waals surface area contributed by atoms with Gasteiger partial charge in [0.15, 0.2) is 11.6 Å². The zero-order valence-corrected chi connectivity index (χ0v) is 28.6. The largest absolute Gasteiger partial charge is 0.337 e. The first-order valence-electron chi connectivity index (χ1n) is 17.0. The van der Waals surface area contributed by atoms with Gasteiger partial charge in [-0.2, -0.15) is 10.1 Å². The minimum Gasteiger partial charge on any atom is -0.337 e. The zero-order valence-electron chi connectivity index (χ0n) is 27.1. The minimum absolute atomic E-state index is 0.0452. The molecule has 3 aliphatic heterocycles. The summed E-state index contributed by atoms with van der Waals surface area (Å²) < 4.78 is 19.5. The average Bonchev–Trinajstić information content (AvgIpc) is 3.54. The molecule has 0 unspecified atom stereocenters. The molecule has 1 amide bonds. The maximum absolute atomic E-state index is 17.1. The summed E-state index contributed by atoms with van der Waals surface area (Å²) in [6.45, 7) is 5.15. The van der Waals surface area contributed by atoms with Crippen molar-refractivity contribution in [2.45, 2.75) is 76.5 Å². The Labute approximate surface area is 292 Å². The molecule has 2 saturated carbocycles. The highest BCUT2D eigenvalue weighted by Gasteiger charge is 2.51. The molecule has 0 radical (unpaired) electrons. The number of nitrogens with one attached hydrogen (secondary N) is 1. The van der Waals surface area contributed by atoms with Crippen molar-refractivity contribution in [2.24, 2.45) is 11.8 Å². The third-order valence-corrected chi connectivity index (χ3v) is 11.9. The normalized spacial score (nSPS) is 24.6. The molecule has 49 heavy (non-hydrogen) atoms. The molecule has 13 heteroatoms. The Bertz CT molecular complexity index is 2220. The van der Waals surface area contributed by atoms with Gasteiger partial charge in [-0.25, -0.2) is 9.37 Å². The Morgan fingerprint density at radius 2 is 2.00 bits per heavy atom. The van der Waals surface area contributed by atoms with Crippen LogP contribution in [0.25, 0.3) is 32.9 Å². The molecule has 10 rings (SSSR count). The van der Waals surface area contributed by atoms with Crippen molar-refractivity contribution in [1.82, 2.24) is 40.0 Å². The van der Waals surface area contributed by atoms with Crippen LogP contribution < -0.4 is 5.32 Å². The van der Waals surface area contributed by atoms with Gasteiger partial charge in [-0.3, -0.25) is 4.79 Å². The molecule has 5 aromatic rings. The van der Waals surface area contributed by atoms with Crippen molar-refractivity contribution < 1.29 is 9.18 Å². The Hall–Kier alpha value is -4.11. The van der Waals surface area contributed by atoms with E-state index in [-0.39, 0.29) is 53.0 Å². The number of hydrogen-bond donors (Lipinski definition) is 1. The van der Waals surface area contributed by atoms with Crippen molar-refractivity contribution >= 4 is 50.9 Å². The number of fused-ring (bicyclic) bond motifs is 4. The van der Waals surface area contributed by atoms with Gasteiger partial charge in [0.05, 0.1) is 39.8 Å². The number of rotatable bonds is 7. The van der Waals surface area contributed by atoms with E-state index in [2.05, 4.69) is 37.4 Å². The maximum atomic E-state index is 17.1. The molecule has 5 atom stereocenters. The van der Waals surface area contributed by atoms with Gasteiger partial charge in [0.25, 0.3) is 0 Å². The van der Waals surface area contributed by atoms with Gasteiger partial charge in [-0.1, -0.05) is 35.3 Å². The molecule has 1 N–H and O–H groups in total. The van der Waals surface area contributed by atoms with Gasteiger partial charge in [0.2, 0.25) is 5.91 Å². The van der Waals surface area contributed by atoms with Gasteiger partial charge in [0, 0.05) is 64.8 Å². The minimum atomic E-state index is -0.484. The third kappa shape index (κ3) is 4.78. The van der Waals surface area contributed by atoms with Crippen molar-refractivity contribution in [3.63, 3.8) is 0 Å². The molecule has 3 aromatic heterocycles. The molecule has 2 aliphatic carbocycles. The van der Waals surface area contributed by atoms with E-state index < -0.39 is 5.82 Å². The second-order valence-corrected chi connectivity index (χ2v) is 14.9. The number of halogens is 3. The smallest absolute Gasteiger partial charge is 0.226 e.